The average molecular weight is 260 g/mol. The third kappa shape index (κ3) is 1.78. The van der Waals surface area contributed by atoms with E-state index in [1.165, 1.54) is 0 Å². The van der Waals surface area contributed by atoms with Crippen LogP contribution in [0.25, 0.3) is 17.2 Å². The molecule has 0 aromatic carbocycles. The Morgan fingerprint density at radius 1 is 1.17 bits per heavy atom. The molecule has 0 amide bonds. The van der Waals surface area contributed by atoms with E-state index in [1.54, 1.807) is 27.8 Å². The Morgan fingerprint density at radius 2 is 2.06 bits per heavy atom. The fraction of sp³-hybridized carbons (Fsp3) is 0.0833. The van der Waals surface area contributed by atoms with E-state index in [0.717, 1.165) is 11.4 Å². The van der Waals surface area contributed by atoms with Crippen LogP contribution in [0.4, 0.5) is 0 Å². The lowest BCUT2D eigenvalue weighted by molar-refractivity contribution is 0.768. The maximum Gasteiger partial charge on any atom is 0.155 e. The van der Waals surface area contributed by atoms with Gasteiger partial charge in [0, 0.05) is 25.5 Å². The van der Waals surface area contributed by atoms with E-state index in [1.807, 2.05) is 31.3 Å². The number of halogens is 1. The van der Waals surface area contributed by atoms with Gasteiger partial charge in [-0.05, 0) is 18.2 Å². The van der Waals surface area contributed by atoms with Crippen LogP contribution in [-0.4, -0.2) is 24.5 Å². The third-order valence-corrected chi connectivity index (χ3v) is 2.88. The van der Waals surface area contributed by atoms with Crippen molar-refractivity contribution in [1.29, 1.82) is 0 Å². The summed E-state index contributed by atoms with van der Waals surface area (Å²) in [7, 11) is 1.86. The van der Waals surface area contributed by atoms with E-state index in [0.29, 0.717) is 11.0 Å². The molecule has 0 radical (unpaired) electrons. The first-order valence-corrected chi connectivity index (χ1v) is 5.79. The molecule has 0 bridgehead atoms. The van der Waals surface area contributed by atoms with Gasteiger partial charge >= 0.3 is 0 Å². The third-order valence-electron chi connectivity index (χ3n) is 2.62. The highest BCUT2D eigenvalue weighted by atomic mass is 35.5. The van der Waals surface area contributed by atoms with Gasteiger partial charge in [0.05, 0.1) is 5.69 Å². The topological polar surface area (TPSA) is 48.5 Å². The minimum absolute atomic E-state index is 0.518. The van der Waals surface area contributed by atoms with Crippen molar-refractivity contribution in [2.75, 3.05) is 0 Å². The van der Waals surface area contributed by atoms with Gasteiger partial charge in [-0.2, -0.15) is 10.2 Å². The van der Waals surface area contributed by atoms with Gasteiger partial charge in [0.1, 0.15) is 10.8 Å². The largest absolute Gasteiger partial charge is 0.266 e. The summed E-state index contributed by atoms with van der Waals surface area (Å²) in [5.74, 6) is 0.691. The Morgan fingerprint density at radius 3 is 2.72 bits per heavy atom. The van der Waals surface area contributed by atoms with Crippen molar-refractivity contribution in [2.24, 2.45) is 7.05 Å². The molecule has 5 nitrogen and oxygen atoms in total. The van der Waals surface area contributed by atoms with Gasteiger partial charge in [0.2, 0.25) is 0 Å². The highest BCUT2D eigenvalue weighted by molar-refractivity contribution is 6.30. The van der Waals surface area contributed by atoms with Gasteiger partial charge < -0.3 is 0 Å². The zero-order valence-electron chi connectivity index (χ0n) is 9.66. The van der Waals surface area contributed by atoms with E-state index in [-0.39, 0.29) is 0 Å². The van der Waals surface area contributed by atoms with Crippen molar-refractivity contribution in [3.05, 3.63) is 47.9 Å². The van der Waals surface area contributed by atoms with Gasteiger partial charge in [-0.1, -0.05) is 17.7 Å². The molecule has 0 atom stereocenters. The number of hydrogen-bond donors (Lipinski definition) is 0. The van der Waals surface area contributed by atoms with Crippen LogP contribution in [0.2, 0.25) is 5.15 Å². The molecule has 18 heavy (non-hydrogen) atoms. The fourth-order valence-electron chi connectivity index (χ4n) is 1.75. The van der Waals surface area contributed by atoms with Crippen LogP contribution < -0.4 is 0 Å². The van der Waals surface area contributed by atoms with Crippen LogP contribution in [0, 0.1) is 0 Å². The highest BCUT2D eigenvalue weighted by Crippen LogP contribution is 2.23. The summed E-state index contributed by atoms with van der Waals surface area (Å²) in [5, 5.41) is 9.08. The van der Waals surface area contributed by atoms with Crippen LogP contribution >= 0.6 is 11.6 Å². The predicted octanol–water partition coefficient (Wildman–Crippen LogP) is 2.32. The van der Waals surface area contributed by atoms with Crippen molar-refractivity contribution in [2.45, 2.75) is 0 Å². The van der Waals surface area contributed by atoms with E-state index >= 15 is 0 Å². The molecule has 3 aromatic rings. The Kier molecular flexibility index (Phi) is 2.60. The van der Waals surface area contributed by atoms with E-state index in [2.05, 4.69) is 15.2 Å². The van der Waals surface area contributed by atoms with Gasteiger partial charge in [0.15, 0.2) is 5.82 Å². The first kappa shape index (κ1) is 11.0. The summed E-state index contributed by atoms with van der Waals surface area (Å²) in [6.07, 6.45) is 3.43. The summed E-state index contributed by atoms with van der Waals surface area (Å²) < 4.78 is 3.35. The molecule has 3 aromatic heterocycles. The lowest BCUT2D eigenvalue weighted by atomic mass is 10.3. The fourth-order valence-corrected chi connectivity index (χ4v) is 1.98. The summed E-state index contributed by atoms with van der Waals surface area (Å²) in [5.41, 5.74) is 1.68. The molecule has 6 heteroatoms. The molecule has 0 aliphatic heterocycles. The molecule has 90 valence electrons. The SMILES string of the molecule is Cn1nccc1-c1cc(Cl)n(-c2ccccn2)n1. The molecule has 0 aliphatic rings. The molecule has 0 N–H and O–H groups in total. The van der Waals surface area contributed by atoms with Crippen LogP contribution in [0.15, 0.2) is 42.7 Å². The van der Waals surface area contributed by atoms with E-state index in [9.17, 15) is 0 Å². The second-order valence-electron chi connectivity index (χ2n) is 3.79. The van der Waals surface area contributed by atoms with Crippen molar-refractivity contribution in [1.82, 2.24) is 24.5 Å². The quantitative estimate of drug-likeness (QED) is 0.710. The first-order chi connectivity index (χ1) is 8.75. The maximum absolute atomic E-state index is 6.18. The van der Waals surface area contributed by atoms with Crippen LogP contribution in [0.5, 0.6) is 0 Å². The normalized spacial score (nSPS) is 10.8. The monoisotopic (exact) mass is 259 g/mol. The standard InChI is InChI=1S/C12H10ClN5/c1-17-10(5-7-15-17)9-8-11(13)18(16-9)12-4-2-3-6-14-12/h2-8H,1H3. The Hall–Kier alpha value is -2.14. The predicted molar refractivity (Wildman–Crippen MR) is 68.6 cm³/mol. The number of rotatable bonds is 2. The second kappa shape index (κ2) is 4.27. The highest BCUT2D eigenvalue weighted by Gasteiger charge is 2.12. The molecule has 0 aliphatic carbocycles. The van der Waals surface area contributed by atoms with Gasteiger partial charge in [-0.15, -0.1) is 0 Å². The number of pyridine rings is 1. The van der Waals surface area contributed by atoms with Gasteiger partial charge in [-0.3, -0.25) is 4.68 Å². The minimum atomic E-state index is 0.518. The summed E-state index contributed by atoms with van der Waals surface area (Å²) in [6, 6.07) is 9.29. The number of hydrogen-bond acceptors (Lipinski definition) is 3. The average Bonchev–Trinajstić information content (AvgIpc) is 2.96. The second-order valence-corrected chi connectivity index (χ2v) is 4.18. The molecule has 3 heterocycles. The molecule has 3 rings (SSSR count). The number of aryl methyl sites for hydroxylation is 1. The van der Waals surface area contributed by atoms with Crippen molar-refractivity contribution in [3.8, 4) is 17.2 Å². The number of nitrogens with zero attached hydrogens (tertiary/aromatic N) is 5. The lowest BCUT2D eigenvalue weighted by Gasteiger charge is -2.00. The molecular formula is C12H10ClN5. The van der Waals surface area contributed by atoms with Crippen molar-refractivity contribution in [3.63, 3.8) is 0 Å². The van der Waals surface area contributed by atoms with Crippen molar-refractivity contribution >= 4 is 11.6 Å². The minimum Gasteiger partial charge on any atom is -0.266 e. The number of aromatic nitrogens is 5. The zero-order chi connectivity index (χ0) is 12.5. The summed E-state index contributed by atoms with van der Waals surface area (Å²) in [6.45, 7) is 0. The molecular weight excluding hydrogens is 250 g/mol. The zero-order valence-corrected chi connectivity index (χ0v) is 10.4. The van der Waals surface area contributed by atoms with Gasteiger partial charge in [0.25, 0.3) is 0 Å². The first-order valence-electron chi connectivity index (χ1n) is 5.41. The molecule has 0 unspecified atom stereocenters. The molecule has 0 spiro atoms. The van der Waals surface area contributed by atoms with Crippen molar-refractivity contribution < 1.29 is 0 Å². The maximum atomic E-state index is 6.18. The van der Waals surface area contributed by atoms with Crippen LogP contribution in [0.1, 0.15) is 0 Å². The summed E-state index contributed by atoms with van der Waals surface area (Å²) >= 11 is 6.18. The summed E-state index contributed by atoms with van der Waals surface area (Å²) in [4.78, 5) is 4.22. The van der Waals surface area contributed by atoms with Crippen LogP contribution in [-0.2, 0) is 7.05 Å². The lowest BCUT2D eigenvalue weighted by Crippen LogP contribution is -2.00. The Bertz CT molecular complexity index is 671. The van der Waals surface area contributed by atoms with Crippen LogP contribution in [0.3, 0.4) is 0 Å². The van der Waals surface area contributed by atoms with Gasteiger partial charge in [-0.25, -0.2) is 9.67 Å². The Labute approximate surface area is 109 Å². The molecule has 0 fully saturated rings. The smallest absolute Gasteiger partial charge is 0.155 e. The van der Waals surface area contributed by atoms with E-state index < -0.39 is 0 Å². The molecule has 0 saturated heterocycles. The Balaban J connectivity index is 2.10. The molecule has 0 saturated carbocycles. The van der Waals surface area contributed by atoms with E-state index in [4.69, 9.17) is 11.6 Å².